The Morgan fingerprint density at radius 2 is 1.46 bits per heavy atom. The number of sulfonamides is 1. The average molecular weight is 552 g/mol. The number of benzene rings is 3. The van der Waals surface area contributed by atoms with Crippen LogP contribution in [0.4, 0.5) is 5.69 Å². The highest BCUT2D eigenvalue weighted by molar-refractivity contribution is 7.92. The molecule has 0 aromatic heterocycles. The number of nitrogens with zero attached hydrogens (tertiary/aromatic N) is 2. The minimum Gasteiger partial charge on any atom is -0.494 e. The number of amides is 2. The van der Waals surface area contributed by atoms with Crippen LogP contribution in [0.3, 0.4) is 0 Å². The molecule has 0 spiro atoms. The van der Waals surface area contributed by atoms with Crippen molar-refractivity contribution in [2.75, 3.05) is 17.5 Å². The molecule has 2 atom stereocenters. The topological polar surface area (TPSA) is 96.0 Å². The molecule has 0 radical (unpaired) electrons. The van der Waals surface area contributed by atoms with E-state index in [4.69, 9.17) is 4.74 Å². The largest absolute Gasteiger partial charge is 0.494 e. The molecule has 3 rings (SSSR count). The van der Waals surface area contributed by atoms with E-state index in [-0.39, 0.29) is 23.4 Å². The Morgan fingerprint density at radius 1 is 0.872 bits per heavy atom. The molecule has 9 heteroatoms. The summed E-state index contributed by atoms with van der Waals surface area (Å²) in [6.07, 6.45) is 0.742. The van der Waals surface area contributed by atoms with Gasteiger partial charge in [0, 0.05) is 12.6 Å². The van der Waals surface area contributed by atoms with Crippen LogP contribution in [0.2, 0.25) is 0 Å². The summed E-state index contributed by atoms with van der Waals surface area (Å²) in [5, 5.41) is 2.93. The lowest BCUT2D eigenvalue weighted by Crippen LogP contribution is -2.52. The maximum atomic E-state index is 13.9. The average Bonchev–Trinajstić information content (AvgIpc) is 2.95. The third-order valence-electron chi connectivity index (χ3n) is 6.41. The third-order valence-corrected chi connectivity index (χ3v) is 8.20. The van der Waals surface area contributed by atoms with Gasteiger partial charge in [-0.15, -0.1) is 0 Å². The van der Waals surface area contributed by atoms with E-state index in [0.717, 1.165) is 16.3 Å². The second-order valence-corrected chi connectivity index (χ2v) is 11.1. The van der Waals surface area contributed by atoms with Gasteiger partial charge in [-0.05, 0) is 69.2 Å². The van der Waals surface area contributed by atoms with Crippen LogP contribution in [0.5, 0.6) is 5.75 Å². The van der Waals surface area contributed by atoms with Crippen molar-refractivity contribution in [2.24, 2.45) is 0 Å². The molecule has 8 nitrogen and oxygen atoms in total. The fourth-order valence-electron chi connectivity index (χ4n) is 3.95. The number of hydrogen-bond acceptors (Lipinski definition) is 5. The first-order valence-electron chi connectivity index (χ1n) is 13.1. The summed E-state index contributed by atoms with van der Waals surface area (Å²) >= 11 is 0. The normalized spacial score (nSPS) is 12.7. The number of hydrogen-bond donors (Lipinski definition) is 1. The molecule has 0 aliphatic heterocycles. The number of anilines is 1. The fourth-order valence-corrected chi connectivity index (χ4v) is 5.39. The molecular formula is C30H37N3O5S. The lowest BCUT2D eigenvalue weighted by molar-refractivity contribution is -0.139. The zero-order valence-electron chi connectivity index (χ0n) is 22.9. The van der Waals surface area contributed by atoms with Crippen LogP contribution in [-0.2, 0) is 26.2 Å². The Morgan fingerprint density at radius 3 is 2.03 bits per heavy atom. The predicted octanol–water partition coefficient (Wildman–Crippen LogP) is 4.61. The summed E-state index contributed by atoms with van der Waals surface area (Å²) in [5.74, 6) is -0.211. The van der Waals surface area contributed by atoms with Gasteiger partial charge in [-0.25, -0.2) is 8.42 Å². The second kappa shape index (κ2) is 13.8. The minimum atomic E-state index is -4.11. The van der Waals surface area contributed by atoms with Crippen LogP contribution in [0.25, 0.3) is 0 Å². The maximum Gasteiger partial charge on any atom is 0.264 e. The molecule has 3 aromatic carbocycles. The van der Waals surface area contributed by atoms with Crippen LogP contribution in [0, 0.1) is 0 Å². The predicted molar refractivity (Wildman–Crippen MR) is 153 cm³/mol. The van der Waals surface area contributed by atoms with Crippen molar-refractivity contribution in [1.82, 2.24) is 10.2 Å². The number of rotatable bonds is 13. The molecular weight excluding hydrogens is 514 g/mol. The standard InChI is InChI=1S/C30H37N3O5S/c1-5-23(3)31-30(35)24(4)32(21-25-13-9-7-10-14-25)29(34)22-33(26-17-19-27(20-18-26)38-6-2)39(36,37)28-15-11-8-12-16-28/h7-20,23-24H,5-6,21-22H2,1-4H3,(H,31,35)/t23-,24+/m0/s1. The molecule has 0 fully saturated rings. The molecule has 3 aromatic rings. The van der Waals surface area contributed by atoms with Gasteiger partial charge in [-0.2, -0.15) is 0 Å². The Hall–Kier alpha value is -3.85. The summed E-state index contributed by atoms with van der Waals surface area (Å²) in [7, 11) is -4.11. The van der Waals surface area contributed by atoms with Crippen molar-refractivity contribution in [3.05, 3.63) is 90.5 Å². The van der Waals surface area contributed by atoms with Gasteiger partial charge in [0.05, 0.1) is 17.2 Å². The van der Waals surface area contributed by atoms with Crippen molar-refractivity contribution in [1.29, 1.82) is 0 Å². The first-order chi connectivity index (χ1) is 18.7. The van der Waals surface area contributed by atoms with Gasteiger partial charge in [0.2, 0.25) is 11.8 Å². The fraction of sp³-hybridized carbons (Fsp3) is 0.333. The number of carbonyl (C=O) groups excluding carboxylic acids is 2. The van der Waals surface area contributed by atoms with E-state index < -0.39 is 28.5 Å². The Bertz CT molecular complexity index is 1320. The highest BCUT2D eigenvalue weighted by Gasteiger charge is 2.32. The Kier molecular flexibility index (Phi) is 10.5. The van der Waals surface area contributed by atoms with Gasteiger partial charge in [-0.1, -0.05) is 55.5 Å². The number of nitrogens with one attached hydrogen (secondary N) is 1. The molecule has 0 aliphatic rings. The molecule has 39 heavy (non-hydrogen) atoms. The Balaban J connectivity index is 2.00. The highest BCUT2D eigenvalue weighted by Crippen LogP contribution is 2.26. The first kappa shape index (κ1) is 29.7. The zero-order chi connectivity index (χ0) is 28.4. The van der Waals surface area contributed by atoms with E-state index in [2.05, 4.69) is 5.32 Å². The highest BCUT2D eigenvalue weighted by atomic mass is 32.2. The lowest BCUT2D eigenvalue weighted by atomic mass is 10.1. The summed E-state index contributed by atoms with van der Waals surface area (Å²) in [5.41, 5.74) is 1.14. The lowest BCUT2D eigenvalue weighted by Gasteiger charge is -2.32. The number of carbonyl (C=O) groups is 2. The molecule has 208 valence electrons. The summed E-state index contributed by atoms with van der Waals surface area (Å²) in [6.45, 7) is 7.51. The second-order valence-electron chi connectivity index (χ2n) is 9.25. The van der Waals surface area contributed by atoms with Crippen molar-refractivity contribution < 1.29 is 22.7 Å². The minimum absolute atomic E-state index is 0.0591. The third kappa shape index (κ3) is 7.83. The summed E-state index contributed by atoms with van der Waals surface area (Å²) in [6, 6.07) is 23.0. The van der Waals surface area contributed by atoms with Crippen molar-refractivity contribution in [3.63, 3.8) is 0 Å². The van der Waals surface area contributed by atoms with E-state index >= 15 is 0 Å². The van der Waals surface area contributed by atoms with E-state index in [9.17, 15) is 18.0 Å². The number of ether oxygens (including phenoxy) is 1. The van der Waals surface area contributed by atoms with Crippen LogP contribution in [-0.4, -0.2) is 50.4 Å². The van der Waals surface area contributed by atoms with E-state index in [1.54, 1.807) is 49.4 Å². The molecule has 1 N–H and O–H groups in total. The monoisotopic (exact) mass is 551 g/mol. The molecule has 0 saturated carbocycles. The molecule has 0 heterocycles. The quantitative estimate of drug-likeness (QED) is 0.335. The van der Waals surface area contributed by atoms with Gasteiger partial charge < -0.3 is 15.0 Å². The van der Waals surface area contributed by atoms with Gasteiger partial charge in [0.15, 0.2) is 0 Å². The molecule has 0 bridgehead atoms. The molecule has 0 saturated heterocycles. The van der Waals surface area contributed by atoms with Gasteiger partial charge >= 0.3 is 0 Å². The zero-order valence-corrected chi connectivity index (χ0v) is 23.7. The van der Waals surface area contributed by atoms with Gasteiger partial charge in [-0.3, -0.25) is 13.9 Å². The van der Waals surface area contributed by atoms with E-state index in [1.165, 1.54) is 17.0 Å². The van der Waals surface area contributed by atoms with Crippen molar-refractivity contribution in [3.8, 4) is 5.75 Å². The summed E-state index contributed by atoms with van der Waals surface area (Å²) < 4.78 is 34.2. The van der Waals surface area contributed by atoms with Crippen molar-refractivity contribution in [2.45, 2.75) is 57.6 Å². The van der Waals surface area contributed by atoms with Crippen LogP contribution in [0.1, 0.15) is 39.7 Å². The van der Waals surface area contributed by atoms with Gasteiger partial charge in [0.1, 0.15) is 18.3 Å². The molecule has 0 aliphatic carbocycles. The maximum absolute atomic E-state index is 13.9. The van der Waals surface area contributed by atoms with Crippen LogP contribution < -0.4 is 14.4 Å². The van der Waals surface area contributed by atoms with Crippen LogP contribution in [0.15, 0.2) is 89.8 Å². The van der Waals surface area contributed by atoms with Crippen molar-refractivity contribution >= 4 is 27.5 Å². The van der Waals surface area contributed by atoms with Gasteiger partial charge in [0.25, 0.3) is 10.0 Å². The first-order valence-corrected chi connectivity index (χ1v) is 14.6. The van der Waals surface area contributed by atoms with E-state index in [0.29, 0.717) is 18.0 Å². The SMILES string of the molecule is CCOc1ccc(N(CC(=O)N(Cc2ccccc2)[C@H](C)C(=O)N[C@@H](C)CC)S(=O)(=O)c2ccccc2)cc1. The molecule has 2 amide bonds. The molecule has 0 unspecified atom stereocenters. The van der Waals surface area contributed by atoms with Crippen LogP contribution >= 0.6 is 0 Å². The summed E-state index contributed by atoms with van der Waals surface area (Å²) in [4.78, 5) is 28.5. The smallest absolute Gasteiger partial charge is 0.264 e. The Labute approximate surface area is 231 Å². The van der Waals surface area contributed by atoms with E-state index in [1.807, 2.05) is 51.1 Å².